The zero-order chi connectivity index (χ0) is 28.6. The molecular formula is C30H52O8. The molecule has 1 aliphatic carbocycles. The minimum absolute atomic E-state index is 0.146. The molecule has 0 amide bonds. The van der Waals surface area contributed by atoms with Crippen molar-refractivity contribution in [2.24, 2.45) is 22.7 Å². The number of esters is 4. The quantitative estimate of drug-likeness (QED) is 0.115. The monoisotopic (exact) mass is 540 g/mol. The molecule has 0 aromatic heterocycles. The second-order valence-corrected chi connectivity index (χ2v) is 10.5. The molecule has 1 aliphatic rings. The van der Waals surface area contributed by atoms with E-state index >= 15 is 0 Å². The average molecular weight is 541 g/mol. The summed E-state index contributed by atoms with van der Waals surface area (Å²) in [6, 6.07) is 0. The van der Waals surface area contributed by atoms with Gasteiger partial charge in [-0.3, -0.25) is 19.2 Å². The van der Waals surface area contributed by atoms with Crippen LogP contribution in [0.15, 0.2) is 0 Å². The van der Waals surface area contributed by atoms with E-state index in [1.54, 1.807) is 27.7 Å². The molecule has 0 spiro atoms. The van der Waals surface area contributed by atoms with Gasteiger partial charge in [0.15, 0.2) is 10.8 Å². The first-order valence-corrected chi connectivity index (χ1v) is 14.9. The molecule has 0 heterocycles. The summed E-state index contributed by atoms with van der Waals surface area (Å²) in [6.45, 7) is 11.9. The summed E-state index contributed by atoms with van der Waals surface area (Å²) in [5.74, 6) is -1.66. The predicted octanol–water partition coefficient (Wildman–Crippen LogP) is 6.18. The number of hydrogen-bond acceptors (Lipinski definition) is 8. The van der Waals surface area contributed by atoms with E-state index in [1.165, 1.54) is 0 Å². The van der Waals surface area contributed by atoms with E-state index in [0.29, 0.717) is 25.7 Å². The molecule has 38 heavy (non-hydrogen) atoms. The van der Waals surface area contributed by atoms with Crippen LogP contribution in [0.1, 0.15) is 119 Å². The molecule has 220 valence electrons. The van der Waals surface area contributed by atoms with Gasteiger partial charge in [-0.1, -0.05) is 65.2 Å². The fourth-order valence-corrected chi connectivity index (χ4v) is 5.77. The molecule has 0 saturated heterocycles. The maximum Gasteiger partial charge on any atom is 0.323 e. The van der Waals surface area contributed by atoms with Crippen molar-refractivity contribution < 1.29 is 38.1 Å². The number of hydrogen-bond donors (Lipinski definition) is 0. The van der Waals surface area contributed by atoms with Gasteiger partial charge >= 0.3 is 23.9 Å². The van der Waals surface area contributed by atoms with E-state index in [4.69, 9.17) is 18.9 Å². The zero-order valence-electron chi connectivity index (χ0n) is 24.7. The minimum atomic E-state index is -1.29. The van der Waals surface area contributed by atoms with Gasteiger partial charge in [0.05, 0.1) is 26.4 Å². The van der Waals surface area contributed by atoms with Crippen LogP contribution in [0.4, 0.5) is 0 Å². The number of carbonyl (C=O) groups is 4. The Hall–Kier alpha value is -2.12. The van der Waals surface area contributed by atoms with Crippen LogP contribution in [0.25, 0.3) is 0 Å². The average Bonchev–Trinajstić information content (AvgIpc) is 2.90. The van der Waals surface area contributed by atoms with E-state index in [1.807, 2.05) is 13.8 Å². The normalized spacial score (nSPS) is 17.9. The maximum absolute atomic E-state index is 13.2. The first-order chi connectivity index (χ1) is 18.2. The molecular weight excluding hydrogens is 488 g/mol. The molecule has 1 rings (SSSR count). The Balaban J connectivity index is 3.12. The smallest absolute Gasteiger partial charge is 0.323 e. The summed E-state index contributed by atoms with van der Waals surface area (Å²) in [5.41, 5.74) is -2.58. The van der Waals surface area contributed by atoms with E-state index < -0.39 is 34.7 Å². The fraction of sp³-hybridized carbons (Fsp3) is 0.867. The molecule has 0 radical (unpaired) electrons. The van der Waals surface area contributed by atoms with Crippen molar-refractivity contribution in [3.8, 4) is 0 Å². The van der Waals surface area contributed by atoms with Crippen molar-refractivity contribution >= 4 is 23.9 Å². The third-order valence-electron chi connectivity index (χ3n) is 7.82. The Morgan fingerprint density at radius 3 is 1.00 bits per heavy atom. The van der Waals surface area contributed by atoms with Gasteiger partial charge in [-0.05, 0) is 65.2 Å². The van der Waals surface area contributed by atoms with Crippen molar-refractivity contribution in [1.82, 2.24) is 0 Å². The highest BCUT2D eigenvalue weighted by Gasteiger charge is 2.52. The number of ether oxygens (including phenoxy) is 4. The first kappa shape index (κ1) is 33.9. The van der Waals surface area contributed by atoms with Crippen molar-refractivity contribution in [1.29, 1.82) is 0 Å². The van der Waals surface area contributed by atoms with Gasteiger partial charge in [0, 0.05) is 0 Å². The Morgan fingerprint density at radius 1 is 0.526 bits per heavy atom. The van der Waals surface area contributed by atoms with Crippen LogP contribution in [0.3, 0.4) is 0 Å². The first-order valence-electron chi connectivity index (χ1n) is 14.9. The molecule has 0 bridgehead atoms. The van der Waals surface area contributed by atoms with Gasteiger partial charge in [0.1, 0.15) is 0 Å². The summed E-state index contributed by atoms with van der Waals surface area (Å²) in [5, 5.41) is 0. The number of unbranched alkanes of at least 4 members (excludes halogenated alkanes) is 2. The maximum atomic E-state index is 13.2. The summed E-state index contributed by atoms with van der Waals surface area (Å²) in [7, 11) is 0. The number of carbonyl (C=O) groups excluding carboxylic acids is 4. The third-order valence-corrected chi connectivity index (χ3v) is 7.82. The molecule has 0 unspecified atom stereocenters. The Morgan fingerprint density at radius 2 is 0.789 bits per heavy atom. The zero-order valence-corrected chi connectivity index (χ0v) is 24.7. The Bertz CT molecular complexity index is 641. The summed E-state index contributed by atoms with van der Waals surface area (Å²) in [6.07, 6.45) is 7.98. The lowest BCUT2D eigenvalue weighted by Crippen LogP contribution is -2.45. The highest BCUT2D eigenvalue weighted by molar-refractivity contribution is 6.00. The van der Waals surface area contributed by atoms with Gasteiger partial charge in [-0.15, -0.1) is 0 Å². The van der Waals surface area contributed by atoms with Gasteiger partial charge in [-0.25, -0.2) is 0 Å². The van der Waals surface area contributed by atoms with Gasteiger partial charge in [0.25, 0.3) is 0 Å². The Kier molecular flexibility index (Phi) is 15.6. The van der Waals surface area contributed by atoms with Gasteiger partial charge in [0.2, 0.25) is 0 Å². The van der Waals surface area contributed by atoms with Crippen LogP contribution < -0.4 is 0 Å². The van der Waals surface area contributed by atoms with Crippen molar-refractivity contribution in [3.63, 3.8) is 0 Å². The van der Waals surface area contributed by atoms with E-state index in [0.717, 1.165) is 51.4 Å². The third kappa shape index (κ3) is 8.98. The minimum Gasteiger partial charge on any atom is -0.465 e. The molecule has 0 aromatic rings. The molecule has 0 atom stereocenters. The van der Waals surface area contributed by atoms with Crippen molar-refractivity contribution in [3.05, 3.63) is 0 Å². The number of rotatable bonds is 18. The van der Waals surface area contributed by atoms with Crippen molar-refractivity contribution in [2.75, 3.05) is 26.4 Å². The fourth-order valence-electron chi connectivity index (χ4n) is 5.77. The molecule has 0 aromatic carbocycles. The molecule has 8 heteroatoms. The topological polar surface area (TPSA) is 105 Å². The van der Waals surface area contributed by atoms with E-state index in [2.05, 4.69) is 0 Å². The van der Waals surface area contributed by atoms with Crippen LogP contribution in [-0.2, 0) is 38.1 Å². The summed E-state index contributed by atoms with van der Waals surface area (Å²) < 4.78 is 21.6. The highest BCUT2D eigenvalue weighted by atomic mass is 16.6. The van der Waals surface area contributed by atoms with Crippen molar-refractivity contribution in [2.45, 2.75) is 119 Å². The molecule has 8 nitrogen and oxygen atoms in total. The molecule has 1 saturated carbocycles. The van der Waals surface area contributed by atoms with Gasteiger partial charge in [-0.2, -0.15) is 0 Å². The SMILES string of the molecule is CCCCC(CC1CCC(CC(CCCC)(C(=O)OCC)C(=O)OCC)CC1)(C(=O)OCC)C(=O)OCC. The lowest BCUT2D eigenvalue weighted by atomic mass is 9.66. The second kappa shape index (κ2) is 17.5. The molecule has 0 aliphatic heterocycles. The van der Waals surface area contributed by atoms with E-state index in [-0.39, 0.29) is 38.3 Å². The summed E-state index contributed by atoms with van der Waals surface area (Å²) >= 11 is 0. The van der Waals surface area contributed by atoms with E-state index in [9.17, 15) is 19.2 Å². The van der Waals surface area contributed by atoms with Crippen LogP contribution >= 0.6 is 0 Å². The Labute approximate surface area is 229 Å². The molecule has 0 N–H and O–H groups in total. The lowest BCUT2D eigenvalue weighted by molar-refractivity contribution is -0.177. The summed E-state index contributed by atoms with van der Waals surface area (Å²) in [4.78, 5) is 52.6. The molecule has 1 fully saturated rings. The lowest BCUT2D eigenvalue weighted by Gasteiger charge is -2.38. The van der Waals surface area contributed by atoms with Crippen LogP contribution in [-0.4, -0.2) is 50.3 Å². The largest absolute Gasteiger partial charge is 0.465 e. The van der Waals surface area contributed by atoms with Crippen LogP contribution in [0.2, 0.25) is 0 Å². The second-order valence-electron chi connectivity index (χ2n) is 10.5. The van der Waals surface area contributed by atoms with Gasteiger partial charge < -0.3 is 18.9 Å². The predicted molar refractivity (Wildman–Crippen MR) is 145 cm³/mol. The standard InChI is InChI=1S/C30H52O8/c1-7-13-19-29(25(31)35-9-3,26(32)36-10-4)21-23-15-17-24(18-16-23)22-30(20-14-8-2,27(33)37-11-5)28(34)38-12-6/h23-24H,7-22H2,1-6H3. The van der Waals surface area contributed by atoms with Crippen LogP contribution in [0.5, 0.6) is 0 Å². The van der Waals surface area contributed by atoms with Crippen LogP contribution in [0, 0.1) is 22.7 Å². The highest BCUT2D eigenvalue weighted by Crippen LogP contribution is 2.45.